The normalized spacial score (nSPS) is 29.5. The monoisotopic (exact) mass is 228 g/mol. The van der Waals surface area contributed by atoms with Crippen LogP contribution in [-0.2, 0) is 4.79 Å². The fourth-order valence-electron chi connectivity index (χ4n) is 2.16. The lowest BCUT2D eigenvalue weighted by Gasteiger charge is -2.27. The van der Waals surface area contributed by atoms with Crippen molar-refractivity contribution in [3.63, 3.8) is 0 Å². The molecule has 0 bridgehead atoms. The molecule has 0 radical (unpaired) electrons. The van der Waals surface area contributed by atoms with Crippen molar-refractivity contribution in [2.75, 3.05) is 19.6 Å². The summed E-state index contributed by atoms with van der Waals surface area (Å²) in [6.45, 7) is 8.12. The minimum atomic E-state index is -0.560. The van der Waals surface area contributed by atoms with Gasteiger partial charge < -0.3 is 10.4 Å². The Hall–Kier alpha value is -0.610. The highest BCUT2D eigenvalue weighted by Gasteiger charge is 2.28. The van der Waals surface area contributed by atoms with E-state index in [1.54, 1.807) is 0 Å². The van der Waals surface area contributed by atoms with E-state index in [4.69, 9.17) is 0 Å². The minimum Gasteiger partial charge on any atom is -0.390 e. The highest BCUT2D eigenvalue weighted by Crippen LogP contribution is 2.22. The van der Waals surface area contributed by atoms with E-state index < -0.39 is 5.60 Å². The predicted molar refractivity (Wildman–Crippen MR) is 64.2 cm³/mol. The molecule has 0 aromatic rings. The molecule has 1 amide bonds. The van der Waals surface area contributed by atoms with Crippen molar-refractivity contribution >= 4 is 5.91 Å². The molecule has 1 heterocycles. The number of carbonyl (C=O) groups is 1. The van der Waals surface area contributed by atoms with Crippen molar-refractivity contribution in [3.8, 4) is 0 Å². The number of hydrogen-bond donors (Lipinski definition) is 2. The second-order valence-electron chi connectivity index (χ2n) is 4.96. The topological polar surface area (TPSA) is 52.6 Å². The Morgan fingerprint density at radius 3 is 2.81 bits per heavy atom. The standard InChI is InChI=1S/C12H24N2O2/c1-4-13-11(15)10(2)14-8-5-6-12(3,16)7-9-14/h10,16H,4-9H2,1-3H3,(H,13,15). The third-order valence-electron chi connectivity index (χ3n) is 3.38. The molecule has 2 unspecified atom stereocenters. The first-order valence-corrected chi connectivity index (χ1v) is 6.20. The number of carbonyl (C=O) groups excluding carboxylic acids is 1. The van der Waals surface area contributed by atoms with Crippen LogP contribution < -0.4 is 5.32 Å². The second-order valence-corrected chi connectivity index (χ2v) is 4.96. The molecule has 2 N–H and O–H groups in total. The van der Waals surface area contributed by atoms with Gasteiger partial charge in [-0.25, -0.2) is 0 Å². The SMILES string of the molecule is CCNC(=O)C(C)N1CCCC(C)(O)CC1. The van der Waals surface area contributed by atoms with E-state index in [2.05, 4.69) is 10.2 Å². The van der Waals surface area contributed by atoms with Gasteiger partial charge in [-0.15, -0.1) is 0 Å². The van der Waals surface area contributed by atoms with Crippen molar-refractivity contribution < 1.29 is 9.90 Å². The Morgan fingerprint density at radius 2 is 2.19 bits per heavy atom. The smallest absolute Gasteiger partial charge is 0.237 e. The maximum atomic E-state index is 11.7. The van der Waals surface area contributed by atoms with Gasteiger partial charge in [0.15, 0.2) is 0 Å². The Morgan fingerprint density at radius 1 is 1.50 bits per heavy atom. The number of likely N-dealkylation sites (N-methyl/N-ethyl adjacent to an activating group) is 1. The van der Waals surface area contributed by atoms with Crippen LogP contribution in [0, 0.1) is 0 Å². The van der Waals surface area contributed by atoms with Crippen molar-refractivity contribution in [2.45, 2.75) is 51.7 Å². The number of amides is 1. The molecule has 1 saturated heterocycles. The second kappa shape index (κ2) is 5.64. The Balaban J connectivity index is 2.51. The zero-order valence-electron chi connectivity index (χ0n) is 10.6. The third kappa shape index (κ3) is 3.76. The van der Waals surface area contributed by atoms with E-state index in [0.717, 1.165) is 32.4 Å². The number of aliphatic hydroxyl groups is 1. The number of likely N-dealkylation sites (tertiary alicyclic amines) is 1. The zero-order chi connectivity index (χ0) is 12.2. The van der Waals surface area contributed by atoms with Gasteiger partial charge in [0.25, 0.3) is 0 Å². The Kier molecular flexibility index (Phi) is 4.74. The van der Waals surface area contributed by atoms with Crippen LogP contribution >= 0.6 is 0 Å². The molecule has 4 heteroatoms. The van der Waals surface area contributed by atoms with E-state index in [0.29, 0.717) is 6.54 Å². The summed E-state index contributed by atoms with van der Waals surface area (Å²) < 4.78 is 0. The van der Waals surface area contributed by atoms with Crippen LogP contribution in [0.1, 0.15) is 40.0 Å². The summed E-state index contributed by atoms with van der Waals surface area (Å²) >= 11 is 0. The van der Waals surface area contributed by atoms with E-state index in [1.165, 1.54) is 0 Å². The molecule has 1 aliphatic rings. The van der Waals surface area contributed by atoms with Gasteiger partial charge in [-0.1, -0.05) is 0 Å². The van der Waals surface area contributed by atoms with E-state index in [9.17, 15) is 9.90 Å². The number of nitrogens with one attached hydrogen (secondary N) is 1. The van der Waals surface area contributed by atoms with Crippen LogP contribution in [0.3, 0.4) is 0 Å². The van der Waals surface area contributed by atoms with Gasteiger partial charge in [0.05, 0.1) is 11.6 Å². The van der Waals surface area contributed by atoms with Gasteiger partial charge in [0, 0.05) is 13.1 Å². The van der Waals surface area contributed by atoms with Crippen LogP contribution in [0.15, 0.2) is 0 Å². The summed E-state index contributed by atoms with van der Waals surface area (Å²) in [6.07, 6.45) is 2.53. The molecule has 1 rings (SSSR count). The fraction of sp³-hybridized carbons (Fsp3) is 0.917. The summed E-state index contributed by atoms with van der Waals surface area (Å²) in [6, 6.07) is -0.0890. The van der Waals surface area contributed by atoms with Gasteiger partial charge in [-0.05, 0) is 46.6 Å². The molecule has 0 aliphatic carbocycles. The molecule has 4 nitrogen and oxygen atoms in total. The molecule has 16 heavy (non-hydrogen) atoms. The first-order chi connectivity index (χ1) is 7.46. The first kappa shape index (κ1) is 13.5. The molecule has 2 atom stereocenters. The lowest BCUT2D eigenvalue weighted by Crippen LogP contribution is -2.45. The quantitative estimate of drug-likeness (QED) is 0.749. The third-order valence-corrected chi connectivity index (χ3v) is 3.38. The molecule has 1 fully saturated rings. The summed E-state index contributed by atoms with van der Waals surface area (Å²) in [5, 5.41) is 12.8. The van der Waals surface area contributed by atoms with Crippen molar-refractivity contribution in [2.24, 2.45) is 0 Å². The van der Waals surface area contributed by atoms with Crippen LogP contribution in [0.4, 0.5) is 0 Å². The number of nitrogens with zero attached hydrogens (tertiary/aromatic N) is 1. The maximum absolute atomic E-state index is 11.7. The summed E-state index contributed by atoms with van der Waals surface area (Å²) in [4.78, 5) is 13.9. The minimum absolute atomic E-state index is 0.0871. The first-order valence-electron chi connectivity index (χ1n) is 6.20. The molecule has 0 spiro atoms. The maximum Gasteiger partial charge on any atom is 0.237 e. The van der Waals surface area contributed by atoms with Crippen LogP contribution in [0.2, 0.25) is 0 Å². The molecule has 1 aliphatic heterocycles. The molecule has 0 aromatic heterocycles. The van der Waals surface area contributed by atoms with Gasteiger partial charge in [0.2, 0.25) is 5.91 Å². The number of hydrogen-bond acceptors (Lipinski definition) is 3. The Labute approximate surface area is 98.0 Å². The zero-order valence-corrected chi connectivity index (χ0v) is 10.6. The molecular formula is C12H24N2O2. The van der Waals surface area contributed by atoms with Gasteiger partial charge in [-0.3, -0.25) is 9.69 Å². The van der Waals surface area contributed by atoms with Crippen molar-refractivity contribution in [1.82, 2.24) is 10.2 Å². The average molecular weight is 228 g/mol. The predicted octanol–water partition coefficient (Wildman–Crippen LogP) is 0.748. The van der Waals surface area contributed by atoms with Gasteiger partial charge >= 0.3 is 0 Å². The Bertz CT molecular complexity index is 241. The van der Waals surface area contributed by atoms with Crippen molar-refractivity contribution in [1.29, 1.82) is 0 Å². The fourth-order valence-corrected chi connectivity index (χ4v) is 2.16. The molecule has 94 valence electrons. The van der Waals surface area contributed by atoms with Crippen LogP contribution in [0.25, 0.3) is 0 Å². The van der Waals surface area contributed by atoms with E-state index >= 15 is 0 Å². The number of rotatable bonds is 3. The van der Waals surface area contributed by atoms with E-state index in [-0.39, 0.29) is 11.9 Å². The highest BCUT2D eigenvalue weighted by atomic mass is 16.3. The van der Waals surface area contributed by atoms with Crippen LogP contribution in [-0.4, -0.2) is 47.2 Å². The largest absolute Gasteiger partial charge is 0.390 e. The summed E-state index contributed by atoms with van der Waals surface area (Å²) in [5.74, 6) is 0.0871. The molecule has 0 aromatic carbocycles. The summed E-state index contributed by atoms with van der Waals surface area (Å²) in [5.41, 5.74) is -0.560. The lowest BCUT2D eigenvalue weighted by atomic mass is 9.98. The van der Waals surface area contributed by atoms with Crippen LogP contribution in [0.5, 0.6) is 0 Å². The molecule has 0 saturated carbocycles. The van der Waals surface area contributed by atoms with Gasteiger partial charge in [-0.2, -0.15) is 0 Å². The summed E-state index contributed by atoms with van der Waals surface area (Å²) in [7, 11) is 0. The lowest BCUT2D eigenvalue weighted by molar-refractivity contribution is -0.125. The highest BCUT2D eigenvalue weighted by molar-refractivity contribution is 5.81. The van der Waals surface area contributed by atoms with Gasteiger partial charge in [0.1, 0.15) is 0 Å². The van der Waals surface area contributed by atoms with Crippen molar-refractivity contribution in [3.05, 3.63) is 0 Å². The molecular weight excluding hydrogens is 204 g/mol. The average Bonchev–Trinajstić information content (AvgIpc) is 2.39. The van der Waals surface area contributed by atoms with E-state index in [1.807, 2.05) is 20.8 Å².